The minimum Gasteiger partial charge on any atom is -0.374 e. The molecule has 2 rings (SSSR count). The average Bonchev–Trinajstić information content (AvgIpc) is 2.59. The molecule has 2 aliphatic rings. The van der Waals surface area contributed by atoms with Crippen molar-refractivity contribution < 1.29 is 4.74 Å². The van der Waals surface area contributed by atoms with Crippen molar-refractivity contribution in [2.45, 2.75) is 25.3 Å². The van der Waals surface area contributed by atoms with Gasteiger partial charge in [0.05, 0.1) is 0 Å². The predicted octanol–water partition coefficient (Wildman–Crippen LogP) is 1.03. The van der Waals surface area contributed by atoms with E-state index in [-0.39, 0.29) is 0 Å². The van der Waals surface area contributed by atoms with Crippen molar-refractivity contribution >= 4 is 0 Å². The maximum absolute atomic E-state index is 5.20. The van der Waals surface area contributed by atoms with Crippen molar-refractivity contribution in [1.82, 2.24) is 4.90 Å². The molecule has 2 fully saturated rings. The molecule has 2 aliphatic heterocycles. The van der Waals surface area contributed by atoms with E-state index in [0.29, 0.717) is 6.04 Å². The van der Waals surface area contributed by atoms with Crippen LogP contribution in [-0.2, 0) is 4.74 Å². The largest absolute Gasteiger partial charge is 0.374 e. The fraction of sp³-hybridized carbons (Fsp3) is 0.875. The van der Waals surface area contributed by atoms with Gasteiger partial charge in [0, 0.05) is 12.6 Å². The molecule has 1 atom stereocenters. The third-order valence-corrected chi connectivity index (χ3v) is 2.39. The second-order valence-corrected chi connectivity index (χ2v) is 3.11. The van der Waals surface area contributed by atoms with Crippen LogP contribution in [-0.4, -0.2) is 30.6 Å². The topological polar surface area (TPSA) is 12.5 Å². The molecule has 0 aromatic rings. The fourth-order valence-corrected chi connectivity index (χ4v) is 1.78. The molecule has 0 saturated carbocycles. The van der Waals surface area contributed by atoms with Crippen molar-refractivity contribution in [3.63, 3.8) is 0 Å². The SMILES string of the molecule is [CH]1OCCC1N1CCCC1. The molecular weight excluding hydrogens is 126 g/mol. The third kappa shape index (κ3) is 1.18. The number of nitrogens with zero attached hydrogens (tertiary/aromatic N) is 1. The highest BCUT2D eigenvalue weighted by atomic mass is 16.5. The molecule has 0 aromatic heterocycles. The Labute approximate surface area is 62.2 Å². The average molecular weight is 140 g/mol. The molecule has 2 nitrogen and oxygen atoms in total. The van der Waals surface area contributed by atoms with Gasteiger partial charge in [0.2, 0.25) is 0 Å². The first-order chi connectivity index (χ1) is 4.97. The van der Waals surface area contributed by atoms with Crippen LogP contribution in [0.3, 0.4) is 0 Å². The maximum atomic E-state index is 5.20. The van der Waals surface area contributed by atoms with Crippen LogP contribution in [0.1, 0.15) is 19.3 Å². The van der Waals surface area contributed by atoms with E-state index in [2.05, 4.69) is 4.90 Å². The van der Waals surface area contributed by atoms with Gasteiger partial charge in [0.25, 0.3) is 0 Å². The highest BCUT2D eigenvalue weighted by molar-refractivity contribution is 4.85. The first kappa shape index (κ1) is 6.62. The lowest BCUT2D eigenvalue weighted by molar-refractivity contribution is 0.221. The lowest BCUT2D eigenvalue weighted by atomic mass is 10.2. The summed E-state index contributed by atoms with van der Waals surface area (Å²) in [5.41, 5.74) is 0. The number of ether oxygens (including phenoxy) is 1. The third-order valence-electron chi connectivity index (χ3n) is 2.39. The summed E-state index contributed by atoms with van der Waals surface area (Å²) in [6.45, 7) is 5.50. The Kier molecular flexibility index (Phi) is 1.91. The quantitative estimate of drug-likeness (QED) is 0.539. The molecule has 0 bridgehead atoms. The van der Waals surface area contributed by atoms with Crippen LogP contribution in [0.25, 0.3) is 0 Å². The summed E-state index contributed by atoms with van der Waals surface area (Å²) in [5, 5.41) is 0. The predicted molar refractivity (Wildman–Crippen MR) is 39.5 cm³/mol. The van der Waals surface area contributed by atoms with E-state index in [1.54, 1.807) is 0 Å². The van der Waals surface area contributed by atoms with Gasteiger partial charge in [-0.2, -0.15) is 0 Å². The van der Waals surface area contributed by atoms with Crippen LogP contribution >= 0.6 is 0 Å². The Hall–Kier alpha value is -0.0800. The number of hydrogen-bond acceptors (Lipinski definition) is 2. The normalized spacial score (nSPS) is 35.4. The van der Waals surface area contributed by atoms with Gasteiger partial charge in [-0.05, 0) is 32.4 Å². The summed E-state index contributed by atoms with van der Waals surface area (Å²) >= 11 is 0. The first-order valence-electron chi connectivity index (χ1n) is 4.16. The van der Waals surface area contributed by atoms with E-state index in [1.165, 1.54) is 32.4 Å². The molecule has 0 aliphatic carbocycles. The van der Waals surface area contributed by atoms with E-state index < -0.39 is 0 Å². The second-order valence-electron chi connectivity index (χ2n) is 3.11. The lowest BCUT2D eigenvalue weighted by Crippen LogP contribution is -2.30. The Morgan fingerprint density at radius 3 is 2.70 bits per heavy atom. The zero-order valence-corrected chi connectivity index (χ0v) is 6.25. The van der Waals surface area contributed by atoms with Gasteiger partial charge in [-0.1, -0.05) is 0 Å². The van der Waals surface area contributed by atoms with Gasteiger partial charge >= 0.3 is 0 Å². The summed E-state index contributed by atoms with van der Waals surface area (Å²) in [6.07, 6.45) is 3.97. The zero-order valence-electron chi connectivity index (χ0n) is 6.25. The highest BCUT2D eigenvalue weighted by Gasteiger charge is 2.25. The smallest absolute Gasteiger partial charge is 0.101 e. The van der Waals surface area contributed by atoms with E-state index in [9.17, 15) is 0 Å². The van der Waals surface area contributed by atoms with E-state index in [0.717, 1.165) is 6.61 Å². The monoisotopic (exact) mass is 140 g/mol. The molecule has 1 radical (unpaired) electrons. The number of rotatable bonds is 1. The molecule has 0 amide bonds. The van der Waals surface area contributed by atoms with Gasteiger partial charge in [-0.3, -0.25) is 4.90 Å². The molecule has 0 N–H and O–H groups in total. The van der Waals surface area contributed by atoms with Crippen molar-refractivity contribution in [2.75, 3.05) is 19.7 Å². The Bertz CT molecular complexity index is 89.8. The molecule has 0 aromatic carbocycles. The van der Waals surface area contributed by atoms with Gasteiger partial charge in [-0.15, -0.1) is 0 Å². The van der Waals surface area contributed by atoms with Crippen LogP contribution in [0.2, 0.25) is 0 Å². The van der Waals surface area contributed by atoms with Crippen LogP contribution < -0.4 is 0 Å². The van der Waals surface area contributed by atoms with Crippen molar-refractivity contribution in [2.24, 2.45) is 0 Å². The van der Waals surface area contributed by atoms with Crippen LogP contribution in [0.5, 0.6) is 0 Å². The Morgan fingerprint density at radius 1 is 1.30 bits per heavy atom. The Balaban J connectivity index is 1.85. The Morgan fingerprint density at radius 2 is 2.10 bits per heavy atom. The minimum absolute atomic E-state index is 0.641. The van der Waals surface area contributed by atoms with Crippen molar-refractivity contribution in [3.8, 4) is 0 Å². The molecule has 1 unspecified atom stereocenters. The van der Waals surface area contributed by atoms with Crippen LogP contribution in [0, 0.1) is 6.61 Å². The number of likely N-dealkylation sites (tertiary alicyclic amines) is 1. The van der Waals surface area contributed by atoms with Gasteiger partial charge < -0.3 is 4.74 Å². The summed E-state index contributed by atoms with van der Waals surface area (Å²) in [6, 6.07) is 0.641. The van der Waals surface area contributed by atoms with Crippen LogP contribution in [0.15, 0.2) is 0 Å². The van der Waals surface area contributed by atoms with E-state index in [1.807, 2.05) is 6.61 Å². The second kappa shape index (κ2) is 2.89. The standard InChI is InChI=1S/C8H14NO/c1-2-5-9(4-1)8-3-6-10-7-8/h7-8H,1-6H2. The van der Waals surface area contributed by atoms with E-state index in [4.69, 9.17) is 4.74 Å². The fourth-order valence-electron chi connectivity index (χ4n) is 1.78. The molecule has 0 spiro atoms. The van der Waals surface area contributed by atoms with Crippen LogP contribution in [0.4, 0.5) is 0 Å². The summed E-state index contributed by atoms with van der Waals surface area (Å²) < 4.78 is 5.20. The van der Waals surface area contributed by atoms with Gasteiger partial charge in [-0.25, -0.2) is 0 Å². The molecule has 2 heteroatoms. The number of hydrogen-bond donors (Lipinski definition) is 0. The summed E-state index contributed by atoms with van der Waals surface area (Å²) in [5.74, 6) is 0. The molecule has 57 valence electrons. The van der Waals surface area contributed by atoms with Gasteiger partial charge in [0.15, 0.2) is 0 Å². The highest BCUT2D eigenvalue weighted by Crippen LogP contribution is 2.20. The lowest BCUT2D eigenvalue weighted by Gasteiger charge is -2.20. The maximum Gasteiger partial charge on any atom is 0.101 e. The summed E-state index contributed by atoms with van der Waals surface area (Å²) in [4.78, 5) is 2.52. The minimum atomic E-state index is 0.641. The molecule has 10 heavy (non-hydrogen) atoms. The molecule has 2 saturated heterocycles. The van der Waals surface area contributed by atoms with E-state index >= 15 is 0 Å². The zero-order chi connectivity index (χ0) is 6.81. The van der Waals surface area contributed by atoms with Crippen molar-refractivity contribution in [1.29, 1.82) is 0 Å². The molecule has 2 heterocycles. The summed E-state index contributed by atoms with van der Waals surface area (Å²) in [7, 11) is 0. The van der Waals surface area contributed by atoms with Gasteiger partial charge in [0.1, 0.15) is 6.61 Å². The van der Waals surface area contributed by atoms with Crippen molar-refractivity contribution in [3.05, 3.63) is 6.61 Å². The molecular formula is C8H14NO. The first-order valence-corrected chi connectivity index (χ1v) is 4.16.